The highest BCUT2D eigenvalue weighted by atomic mass is 19.4. The Kier molecular flexibility index (Phi) is 3.58. The van der Waals surface area contributed by atoms with Gasteiger partial charge in [0.05, 0.1) is 5.56 Å². The molecule has 1 N–H and O–H groups in total. The van der Waals surface area contributed by atoms with E-state index in [0.717, 1.165) is 37.8 Å². The molecule has 0 radical (unpaired) electrons. The number of hydrogen-bond donors (Lipinski definition) is 1. The van der Waals surface area contributed by atoms with Crippen LogP contribution in [-0.4, -0.2) is 23.0 Å². The highest BCUT2D eigenvalue weighted by Crippen LogP contribution is 2.44. The fourth-order valence-electron chi connectivity index (χ4n) is 4.01. The summed E-state index contributed by atoms with van der Waals surface area (Å²) in [6.07, 6.45) is 1.82. The minimum atomic E-state index is -4.41. The van der Waals surface area contributed by atoms with E-state index >= 15 is 0 Å². The number of halogens is 3. The second-order valence-electron chi connectivity index (χ2n) is 6.92. The number of nitrogens with one attached hydrogen (secondary N) is 1. The van der Waals surface area contributed by atoms with E-state index in [-0.39, 0.29) is 23.8 Å². The summed E-state index contributed by atoms with van der Waals surface area (Å²) in [4.78, 5) is 14.5. The van der Waals surface area contributed by atoms with Gasteiger partial charge in [0.1, 0.15) is 0 Å². The molecule has 3 fully saturated rings. The van der Waals surface area contributed by atoms with E-state index in [2.05, 4.69) is 5.32 Å². The van der Waals surface area contributed by atoms with Crippen LogP contribution in [0.3, 0.4) is 0 Å². The number of nitrogens with zero attached hydrogens (tertiary/aromatic N) is 1. The third-order valence-corrected chi connectivity index (χ3v) is 5.26. The first kappa shape index (κ1) is 15.5. The molecular formula is C18H19F3N2O. The van der Waals surface area contributed by atoms with Crippen molar-refractivity contribution < 1.29 is 18.0 Å². The third-order valence-electron chi connectivity index (χ3n) is 5.26. The Hall–Kier alpha value is -1.98. The average Bonchev–Trinajstić information content (AvgIpc) is 3.32. The van der Waals surface area contributed by atoms with Gasteiger partial charge in [-0.1, -0.05) is 17.2 Å². The van der Waals surface area contributed by atoms with E-state index in [1.54, 1.807) is 5.57 Å². The molecule has 128 valence electrons. The maximum atomic E-state index is 12.8. The number of hydrogen-bond acceptors (Lipinski definition) is 1. The monoisotopic (exact) mass is 336 g/mol. The summed E-state index contributed by atoms with van der Waals surface area (Å²) in [5.74, 6) is 0. The van der Waals surface area contributed by atoms with Crippen LogP contribution in [0.15, 0.2) is 35.4 Å². The molecule has 1 aliphatic carbocycles. The van der Waals surface area contributed by atoms with Crippen LogP contribution < -0.4 is 5.32 Å². The van der Waals surface area contributed by atoms with E-state index in [9.17, 15) is 18.0 Å². The fraction of sp³-hybridized carbons (Fsp3) is 0.500. The summed E-state index contributed by atoms with van der Waals surface area (Å²) >= 11 is 0. The Labute approximate surface area is 138 Å². The quantitative estimate of drug-likeness (QED) is 0.723. The lowest BCUT2D eigenvalue weighted by Gasteiger charge is -2.36. The van der Waals surface area contributed by atoms with E-state index in [4.69, 9.17) is 0 Å². The molecule has 2 aliphatic heterocycles. The predicted molar refractivity (Wildman–Crippen MR) is 84.6 cm³/mol. The zero-order valence-corrected chi connectivity index (χ0v) is 13.2. The van der Waals surface area contributed by atoms with Gasteiger partial charge in [0.15, 0.2) is 0 Å². The van der Waals surface area contributed by atoms with Crippen LogP contribution in [0.25, 0.3) is 0 Å². The molecule has 2 bridgehead atoms. The van der Waals surface area contributed by atoms with Gasteiger partial charge in [0.25, 0.3) is 0 Å². The van der Waals surface area contributed by atoms with Gasteiger partial charge >= 0.3 is 12.2 Å². The van der Waals surface area contributed by atoms with Crippen LogP contribution in [0, 0.1) is 0 Å². The van der Waals surface area contributed by atoms with Crippen molar-refractivity contribution in [3.8, 4) is 0 Å². The molecule has 0 spiro atoms. The van der Waals surface area contributed by atoms with Crippen molar-refractivity contribution in [2.45, 2.75) is 56.8 Å². The standard InChI is InChI=1S/C18H19F3N2O/c19-18(20,21)13-2-1-3-14(10-13)22-17(24)23-15-6-7-16(23)9-12(8-15)11-4-5-11/h1-3,10,15-16H,4-9H2,(H,22,24). The van der Waals surface area contributed by atoms with E-state index < -0.39 is 11.7 Å². The Bertz CT molecular complexity index is 688. The summed E-state index contributed by atoms with van der Waals surface area (Å²) in [6.45, 7) is 0. The molecule has 2 saturated heterocycles. The first-order valence-corrected chi connectivity index (χ1v) is 8.38. The number of benzene rings is 1. The van der Waals surface area contributed by atoms with Crippen LogP contribution in [0.5, 0.6) is 0 Å². The van der Waals surface area contributed by atoms with Gasteiger partial charge in [0, 0.05) is 17.8 Å². The lowest BCUT2D eigenvalue weighted by molar-refractivity contribution is -0.137. The Morgan fingerprint density at radius 2 is 1.75 bits per heavy atom. The number of allylic oxidation sites excluding steroid dienone is 1. The Balaban J connectivity index is 1.48. The maximum Gasteiger partial charge on any atom is 0.416 e. The van der Waals surface area contributed by atoms with Gasteiger partial charge in [-0.15, -0.1) is 0 Å². The number of amides is 2. The van der Waals surface area contributed by atoms with Crippen molar-refractivity contribution >= 4 is 11.7 Å². The van der Waals surface area contributed by atoms with Crippen LogP contribution in [-0.2, 0) is 6.18 Å². The number of alkyl halides is 3. The zero-order valence-electron chi connectivity index (χ0n) is 13.2. The topological polar surface area (TPSA) is 32.3 Å². The molecule has 4 rings (SSSR count). The van der Waals surface area contributed by atoms with Gasteiger partial charge in [-0.2, -0.15) is 13.2 Å². The molecule has 24 heavy (non-hydrogen) atoms. The van der Waals surface area contributed by atoms with Crippen molar-refractivity contribution in [3.05, 3.63) is 41.0 Å². The first-order valence-electron chi connectivity index (χ1n) is 8.38. The van der Waals surface area contributed by atoms with E-state index in [1.165, 1.54) is 30.5 Å². The first-order chi connectivity index (χ1) is 11.4. The Morgan fingerprint density at radius 1 is 1.08 bits per heavy atom. The van der Waals surface area contributed by atoms with Gasteiger partial charge in [-0.3, -0.25) is 0 Å². The molecular weight excluding hydrogens is 317 g/mol. The van der Waals surface area contributed by atoms with E-state index in [0.29, 0.717) is 0 Å². The van der Waals surface area contributed by atoms with Gasteiger partial charge < -0.3 is 10.2 Å². The lowest BCUT2D eigenvalue weighted by Crippen LogP contribution is -2.46. The molecule has 0 aromatic heterocycles. The van der Waals surface area contributed by atoms with Crippen LogP contribution in [0.1, 0.15) is 44.1 Å². The minimum Gasteiger partial charge on any atom is -0.318 e. The zero-order chi connectivity index (χ0) is 16.9. The molecule has 2 amide bonds. The number of urea groups is 1. The van der Waals surface area contributed by atoms with Gasteiger partial charge in [0.2, 0.25) is 0 Å². The highest BCUT2D eigenvalue weighted by Gasteiger charge is 2.42. The summed E-state index contributed by atoms with van der Waals surface area (Å²) < 4.78 is 38.4. The molecule has 3 nitrogen and oxygen atoms in total. The van der Waals surface area contributed by atoms with Crippen molar-refractivity contribution in [1.29, 1.82) is 0 Å². The smallest absolute Gasteiger partial charge is 0.318 e. The number of rotatable bonds is 1. The third kappa shape index (κ3) is 2.89. The van der Waals surface area contributed by atoms with Crippen LogP contribution in [0.2, 0.25) is 0 Å². The number of piperidine rings is 1. The summed E-state index contributed by atoms with van der Waals surface area (Å²) in [5.41, 5.74) is 2.53. The molecule has 2 unspecified atom stereocenters. The molecule has 3 aliphatic rings. The molecule has 1 saturated carbocycles. The van der Waals surface area contributed by atoms with Gasteiger partial charge in [-0.05, 0) is 56.7 Å². The average molecular weight is 336 g/mol. The number of carbonyl (C=O) groups excluding carboxylic acids is 1. The van der Waals surface area contributed by atoms with Crippen molar-refractivity contribution in [2.75, 3.05) is 5.32 Å². The summed E-state index contributed by atoms with van der Waals surface area (Å²) in [7, 11) is 0. The minimum absolute atomic E-state index is 0.192. The Morgan fingerprint density at radius 3 is 2.33 bits per heavy atom. The highest BCUT2D eigenvalue weighted by molar-refractivity contribution is 5.90. The molecule has 1 aromatic carbocycles. The predicted octanol–water partition coefficient (Wildman–Crippen LogP) is 4.95. The lowest BCUT2D eigenvalue weighted by atomic mass is 9.96. The molecule has 1 aromatic rings. The molecule has 6 heteroatoms. The fourth-order valence-corrected chi connectivity index (χ4v) is 4.01. The van der Waals surface area contributed by atoms with Crippen molar-refractivity contribution in [2.24, 2.45) is 0 Å². The second-order valence-corrected chi connectivity index (χ2v) is 6.92. The molecule has 2 atom stereocenters. The number of anilines is 1. The molecule has 2 heterocycles. The summed E-state index contributed by atoms with van der Waals surface area (Å²) in [6, 6.07) is 4.92. The second kappa shape index (κ2) is 5.53. The number of carbonyl (C=O) groups is 1. The van der Waals surface area contributed by atoms with Crippen molar-refractivity contribution in [1.82, 2.24) is 4.90 Å². The number of fused-ring (bicyclic) bond motifs is 2. The largest absolute Gasteiger partial charge is 0.416 e. The van der Waals surface area contributed by atoms with Crippen molar-refractivity contribution in [3.63, 3.8) is 0 Å². The SMILES string of the molecule is O=C(Nc1cccc(C(F)(F)F)c1)N1C2CCC1CC(=C1CC1)C2. The van der Waals surface area contributed by atoms with Crippen LogP contribution >= 0.6 is 0 Å². The summed E-state index contributed by atoms with van der Waals surface area (Å²) in [5, 5.41) is 2.66. The maximum absolute atomic E-state index is 12.8. The van der Waals surface area contributed by atoms with E-state index in [1.807, 2.05) is 4.90 Å². The van der Waals surface area contributed by atoms with Crippen LogP contribution in [0.4, 0.5) is 23.7 Å². The van der Waals surface area contributed by atoms with Gasteiger partial charge in [-0.25, -0.2) is 4.79 Å². The normalized spacial score (nSPS) is 25.9.